The molecular weight excluding hydrogens is 280 g/mol. The molecule has 2 aromatic heterocycles. The minimum atomic E-state index is -0.745. The van der Waals surface area contributed by atoms with Crippen LogP contribution in [0.4, 0.5) is 0 Å². The van der Waals surface area contributed by atoms with Gasteiger partial charge in [-0.2, -0.15) is 5.10 Å². The van der Waals surface area contributed by atoms with Crippen LogP contribution in [0.15, 0.2) is 30.7 Å². The second kappa shape index (κ2) is 5.88. The van der Waals surface area contributed by atoms with Gasteiger partial charge in [-0.05, 0) is 31.9 Å². The summed E-state index contributed by atoms with van der Waals surface area (Å²) in [5, 5.41) is 17.4. The Morgan fingerprint density at radius 1 is 1.36 bits per heavy atom. The van der Waals surface area contributed by atoms with E-state index in [1.807, 2.05) is 19.1 Å². The molecule has 3 rings (SSSR count). The fourth-order valence-corrected chi connectivity index (χ4v) is 2.93. The second-order valence-electron chi connectivity index (χ2n) is 5.87. The quantitative estimate of drug-likeness (QED) is 0.899. The van der Waals surface area contributed by atoms with Crippen molar-refractivity contribution in [3.63, 3.8) is 0 Å². The molecule has 1 saturated carbocycles. The summed E-state index contributed by atoms with van der Waals surface area (Å²) in [7, 11) is 0. The third kappa shape index (κ3) is 2.87. The smallest absolute Gasteiger partial charge is 0.254 e. The fraction of sp³-hybridized carbons (Fsp3) is 0.438. The number of hydrogen-bond donors (Lipinski definition) is 2. The van der Waals surface area contributed by atoms with Crippen LogP contribution in [0.25, 0.3) is 5.69 Å². The maximum Gasteiger partial charge on any atom is 0.254 e. The van der Waals surface area contributed by atoms with Gasteiger partial charge in [0.2, 0.25) is 0 Å². The average molecular weight is 300 g/mol. The van der Waals surface area contributed by atoms with Crippen LogP contribution in [0.2, 0.25) is 0 Å². The van der Waals surface area contributed by atoms with Gasteiger partial charge in [-0.1, -0.05) is 12.8 Å². The van der Waals surface area contributed by atoms with Crippen molar-refractivity contribution in [3.8, 4) is 5.69 Å². The van der Waals surface area contributed by atoms with Crippen molar-refractivity contribution in [1.82, 2.24) is 20.1 Å². The lowest BCUT2D eigenvalue weighted by molar-refractivity contribution is 0.0449. The molecule has 6 nitrogen and oxygen atoms in total. The molecule has 2 N–H and O–H groups in total. The van der Waals surface area contributed by atoms with E-state index < -0.39 is 5.60 Å². The van der Waals surface area contributed by atoms with E-state index in [1.165, 1.54) is 0 Å². The van der Waals surface area contributed by atoms with Gasteiger partial charge in [0.15, 0.2) is 0 Å². The highest BCUT2D eigenvalue weighted by Crippen LogP contribution is 2.28. The van der Waals surface area contributed by atoms with Crippen molar-refractivity contribution >= 4 is 5.91 Å². The van der Waals surface area contributed by atoms with E-state index in [4.69, 9.17) is 0 Å². The zero-order chi connectivity index (χ0) is 15.6. The van der Waals surface area contributed by atoms with Crippen molar-refractivity contribution in [2.24, 2.45) is 0 Å². The maximum absolute atomic E-state index is 12.3. The molecule has 0 aromatic carbocycles. The number of hydrogen-bond acceptors (Lipinski definition) is 4. The molecule has 0 atom stereocenters. The molecule has 116 valence electrons. The lowest BCUT2D eigenvalue weighted by Crippen LogP contribution is -2.40. The van der Waals surface area contributed by atoms with Gasteiger partial charge < -0.3 is 10.4 Å². The molecule has 2 aromatic rings. The van der Waals surface area contributed by atoms with Gasteiger partial charge in [-0.3, -0.25) is 9.78 Å². The molecule has 2 heterocycles. The molecule has 0 saturated heterocycles. The third-order valence-electron chi connectivity index (χ3n) is 4.27. The summed E-state index contributed by atoms with van der Waals surface area (Å²) in [6.45, 7) is 2.15. The molecule has 22 heavy (non-hydrogen) atoms. The molecule has 0 aliphatic heterocycles. The van der Waals surface area contributed by atoms with Gasteiger partial charge >= 0.3 is 0 Å². The maximum atomic E-state index is 12.3. The van der Waals surface area contributed by atoms with Crippen molar-refractivity contribution in [1.29, 1.82) is 0 Å². The van der Waals surface area contributed by atoms with Crippen LogP contribution in [-0.4, -0.2) is 37.9 Å². The van der Waals surface area contributed by atoms with Gasteiger partial charge in [0.1, 0.15) is 0 Å². The topological polar surface area (TPSA) is 80.0 Å². The summed E-state index contributed by atoms with van der Waals surface area (Å²) in [6, 6.07) is 3.67. The molecule has 1 aliphatic carbocycles. The van der Waals surface area contributed by atoms with Crippen molar-refractivity contribution in [3.05, 3.63) is 42.0 Å². The Hall–Kier alpha value is -2.21. The molecule has 0 radical (unpaired) electrons. The summed E-state index contributed by atoms with van der Waals surface area (Å²) < 4.78 is 1.71. The van der Waals surface area contributed by atoms with E-state index in [2.05, 4.69) is 15.4 Å². The summed E-state index contributed by atoms with van der Waals surface area (Å²) in [6.07, 6.45) is 8.48. The second-order valence-corrected chi connectivity index (χ2v) is 5.87. The van der Waals surface area contributed by atoms with Gasteiger partial charge in [0, 0.05) is 18.9 Å². The first-order valence-electron chi connectivity index (χ1n) is 7.55. The normalized spacial score (nSPS) is 16.6. The molecule has 0 unspecified atom stereocenters. The van der Waals surface area contributed by atoms with E-state index in [9.17, 15) is 9.90 Å². The summed E-state index contributed by atoms with van der Waals surface area (Å²) >= 11 is 0. The number of carbonyl (C=O) groups is 1. The van der Waals surface area contributed by atoms with Gasteiger partial charge in [-0.25, -0.2) is 4.68 Å². The number of nitrogens with one attached hydrogen (secondary N) is 1. The van der Waals surface area contributed by atoms with Crippen LogP contribution in [0, 0.1) is 6.92 Å². The molecule has 0 spiro atoms. The largest absolute Gasteiger partial charge is 0.388 e. The summed E-state index contributed by atoms with van der Waals surface area (Å²) in [5.41, 5.74) is 1.41. The molecule has 1 amide bonds. The third-order valence-corrected chi connectivity index (χ3v) is 4.27. The van der Waals surface area contributed by atoms with Crippen LogP contribution >= 0.6 is 0 Å². The zero-order valence-corrected chi connectivity index (χ0v) is 12.6. The highest BCUT2D eigenvalue weighted by molar-refractivity contribution is 5.95. The van der Waals surface area contributed by atoms with Gasteiger partial charge in [0.25, 0.3) is 5.91 Å². The number of pyridine rings is 1. The Labute approximate surface area is 129 Å². The lowest BCUT2D eigenvalue weighted by atomic mass is 10.0. The first-order valence-corrected chi connectivity index (χ1v) is 7.55. The number of aromatic nitrogens is 3. The Bertz CT molecular complexity index is 660. The van der Waals surface area contributed by atoms with E-state index in [0.717, 1.165) is 37.1 Å². The zero-order valence-electron chi connectivity index (χ0n) is 12.6. The van der Waals surface area contributed by atoms with E-state index in [1.54, 1.807) is 23.3 Å². The number of amides is 1. The highest BCUT2D eigenvalue weighted by atomic mass is 16.3. The SMILES string of the molecule is Cc1c(C(=O)NCC2(O)CCCC2)cnn1-c1ccncc1. The standard InChI is InChI=1S/C16H20N4O2/c1-12-14(10-19-20(12)13-4-8-17-9-5-13)15(21)18-11-16(22)6-2-3-7-16/h4-5,8-10,22H,2-3,6-7,11H2,1H3,(H,18,21). The van der Waals surface area contributed by atoms with Crippen LogP contribution < -0.4 is 5.32 Å². The minimum Gasteiger partial charge on any atom is -0.388 e. The molecular formula is C16H20N4O2. The fourth-order valence-electron chi connectivity index (χ4n) is 2.93. The van der Waals surface area contributed by atoms with Gasteiger partial charge in [-0.15, -0.1) is 0 Å². The van der Waals surface area contributed by atoms with Crippen molar-refractivity contribution < 1.29 is 9.90 Å². The van der Waals surface area contributed by atoms with E-state index in [-0.39, 0.29) is 5.91 Å². The Morgan fingerprint density at radius 2 is 2.05 bits per heavy atom. The van der Waals surface area contributed by atoms with E-state index >= 15 is 0 Å². The number of aliphatic hydroxyl groups is 1. The monoisotopic (exact) mass is 300 g/mol. The minimum absolute atomic E-state index is 0.196. The molecule has 6 heteroatoms. The molecule has 0 bridgehead atoms. The van der Waals surface area contributed by atoms with Crippen LogP contribution in [-0.2, 0) is 0 Å². The lowest BCUT2D eigenvalue weighted by Gasteiger charge is -2.22. The predicted molar refractivity (Wildman–Crippen MR) is 81.8 cm³/mol. The summed E-state index contributed by atoms with van der Waals surface area (Å²) in [4.78, 5) is 16.3. The van der Waals surface area contributed by atoms with Crippen molar-refractivity contribution in [2.75, 3.05) is 6.54 Å². The number of carbonyl (C=O) groups excluding carboxylic acids is 1. The highest BCUT2D eigenvalue weighted by Gasteiger charge is 2.31. The Morgan fingerprint density at radius 3 is 2.73 bits per heavy atom. The summed E-state index contributed by atoms with van der Waals surface area (Å²) in [5.74, 6) is -0.196. The first-order chi connectivity index (χ1) is 10.6. The molecule has 1 aliphatic rings. The average Bonchev–Trinajstić information content (AvgIpc) is 3.13. The number of rotatable bonds is 4. The van der Waals surface area contributed by atoms with Crippen LogP contribution in [0.3, 0.4) is 0 Å². The van der Waals surface area contributed by atoms with Gasteiger partial charge in [0.05, 0.1) is 28.7 Å². The first kappa shape index (κ1) is 14.7. The Balaban J connectivity index is 1.72. The van der Waals surface area contributed by atoms with Crippen LogP contribution in [0.1, 0.15) is 41.7 Å². The molecule has 1 fully saturated rings. The van der Waals surface area contributed by atoms with Crippen molar-refractivity contribution in [2.45, 2.75) is 38.2 Å². The van der Waals surface area contributed by atoms with E-state index in [0.29, 0.717) is 12.1 Å². The predicted octanol–water partition coefficient (Wildman–Crippen LogP) is 1.61. The number of nitrogens with zero attached hydrogens (tertiary/aromatic N) is 3. The van der Waals surface area contributed by atoms with Crippen LogP contribution in [0.5, 0.6) is 0 Å². The Kier molecular flexibility index (Phi) is 3.94.